The molecule has 1 nitrogen and oxygen atoms in total. The first-order chi connectivity index (χ1) is 6.57. The SMILES string of the molecule is C=C(COCC(F)(F)C(F)F)[B-](F)(F)F.[K+]. The summed E-state index contributed by atoms with van der Waals surface area (Å²) in [6.07, 6.45) is -3.97. The third-order valence-corrected chi connectivity index (χ3v) is 1.36. The van der Waals surface area contributed by atoms with Crippen LogP contribution in [0.15, 0.2) is 12.1 Å². The van der Waals surface area contributed by atoms with Gasteiger partial charge in [0.05, 0.1) is 0 Å². The summed E-state index contributed by atoms with van der Waals surface area (Å²) in [6.45, 7) is -5.85. The molecule has 0 spiro atoms. The molecule has 0 atom stereocenters. The van der Waals surface area contributed by atoms with Crippen LogP contribution in [0.3, 0.4) is 0 Å². The van der Waals surface area contributed by atoms with Gasteiger partial charge in [-0.1, -0.05) is 0 Å². The van der Waals surface area contributed by atoms with Crippen LogP contribution in [0.25, 0.3) is 0 Å². The molecule has 90 valence electrons. The van der Waals surface area contributed by atoms with Gasteiger partial charge in [0.1, 0.15) is 6.61 Å². The second-order valence-electron chi connectivity index (χ2n) is 2.79. The normalized spacial score (nSPS) is 12.5. The van der Waals surface area contributed by atoms with Crippen LogP contribution in [0.5, 0.6) is 0 Å². The van der Waals surface area contributed by atoms with Gasteiger partial charge in [-0.15, -0.1) is 12.1 Å². The molecule has 0 aliphatic heterocycles. The summed E-state index contributed by atoms with van der Waals surface area (Å²) in [4.78, 5) is 0. The third-order valence-electron chi connectivity index (χ3n) is 1.36. The molecule has 0 saturated heterocycles. The van der Waals surface area contributed by atoms with E-state index < -0.39 is 38.0 Å². The maximum atomic E-state index is 12.1. The molecule has 0 radical (unpaired) electrons. The molecule has 0 aliphatic rings. The number of rotatable bonds is 6. The van der Waals surface area contributed by atoms with Crippen LogP contribution in [-0.4, -0.2) is 32.5 Å². The molecular weight excluding hydrogens is 271 g/mol. The van der Waals surface area contributed by atoms with Gasteiger partial charge in [0.25, 0.3) is 0 Å². The molecule has 0 rings (SSSR count). The third kappa shape index (κ3) is 7.28. The number of ether oxygens (including phenoxy) is 1. The molecule has 0 heterocycles. The minimum Gasteiger partial charge on any atom is -0.445 e. The standard InChI is InChI=1S/C6H7BF7O.K/c1-4(7(12,13)14)2-15-3-6(10,11)5(8)9;/h5H,1-3H2;/q-1;+1. The van der Waals surface area contributed by atoms with Crippen molar-refractivity contribution in [3.8, 4) is 0 Å². The van der Waals surface area contributed by atoms with Gasteiger partial charge in [-0.25, -0.2) is 8.78 Å². The average molecular weight is 278 g/mol. The zero-order valence-corrected chi connectivity index (χ0v) is 11.5. The van der Waals surface area contributed by atoms with Gasteiger partial charge in [-0.3, -0.25) is 0 Å². The molecule has 16 heavy (non-hydrogen) atoms. The monoisotopic (exact) mass is 278 g/mol. The first-order valence-electron chi connectivity index (χ1n) is 3.68. The van der Waals surface area contributed by atoms with Crippen molar-refractivity contribution in [2.45, 2.75) is 12.3 Å². The van der Waals surface area contributed by atoms with Gasteiger partial charge in [-0.05, 0) is 0 Å². The van der Waals surface area contributed by atoms with E-state index in [2.05, 4.69) is 11.3 Å². The minimum atomic E-state index is -5.39. The summed E-state index contributed by atoms with van der Waals surface area (Å²) in [6, 6.07) is 0. The quantitative estimate of drug-likeness (QED) is 0.485. The number of halogens is 7. The molecule has 10 heteroatoms. The molecule has 0 aliphatic carbocycles. The first kappa shape index (κ1) is 19.3. The topological polar surface area (TPSA) is 9.23 Å². The predicted molar refractivity (Wildman–Crippen MR) is 40.0 cm³/mol. The van der Waals surface area contributed by atoms with Crippen LogP contribution in [0, 0.1) is 0 Å². The van der Waals surface area contributed by atoms with E-state index in [9.17, 15) is 30.5 Å². The molecule has 0 aromatic carbocycles. The van der Waals surface area contributed by atoms with Gasteiger partial charge in [0.2, 0.25) is 0 Å². The second-order valence-corrected chi connectivity index (χ2v) is 2.79. The largest absolute Gasteiger partial charge is 1.00 e. The van der Waals surface area contributed by atoms with E-state index in [1.165, 1.54) is 0 Å². The van der Waals surface area contributed by atoms with Gasteiger partial charge in [0.15, 0.2) is 0 Å². The minimum absolute atomic E-state index is 0. The molecule has 0 saturated carbocycles. The molecule has 0 fully saturated rings. The summed E-state index contributed by atoms with van der Waals surface area (Å²) in [5.74, 6) is -4.45. The second kappa shape index (κ2) is 7.37. The summed E-state index contributed by atoms with van der Waals surface area (Å²) in [5, 5.41) is 0. The molecule has 0 N–H and O–H groups in total. The Morgan fingerprint density at radius 2 is 1.69 bits per heavy atom. The Hall–Kier alpha value is 0.911. The molecule has 0 unspecified atom stereocenters. The van der Waals surface area contributed by atoms with E-state index in [0.29, 0.717) is 0 Å². The molecule has 0 aromatic rings. The van der Waals surface area contributed by atoms with Crippen molar-refractivity contribution in [1.82, 2.24) is 0 Å². The van der Waals surface area contributed by atoms with Crippen molar-refractivity contribution in [3.05, 3.63) is 12.1 Å². The smallest absolute Gasteiger partial charge is 0.445 e. The van der Waals surface area contributed by atoms with E-state index in [0.717, 1.165) is 0 Å². The molecule has 0 bridgehead atoms. The number of hydrogen-bond donors (Lipinski definition) is 0. The van der Waals surface area contributed by atoms with Gasteiger partial charge < -0.3 is 17.7 Å². The maximum absolute atomic E-state index is 12.1. The summed E-state index contributed by atoms with van der Waals surface area (Å²) >= 11 is 0. The predicted octanol–water partition coefficient (Wildman–Crippen LogP) is -0.150. The van der Waals surface area contributed by atoms with Crippen molar-refractivity contribution in [1.29, 1.82) is 0 Å². The Morgan fingerprint density at radius 3 is 2.00 bits per heavy atom. The van der Waals surface area contributed by atoms with Crippen LogP contribution in [0.4, 0.5) is 30.5 Å². The summed E-state index contributed by atoms with van der Waals surface area (Å²) in [5.41, 5.74) is -1.35. The van der Waals surface area contributed by atoms with Crippen LogP contribution in [-0.2, 0) is 4.74 Å². The van der Waals surface area contributed by atoms with Crippen LogP contribution in [0.1, 0.15) is 0 Å². The van der Waals surface area contributed by atoms with E-state index in [4.69, 9.17) is 0 Å². The van der Waals surface area contributed by atoms with Crippen LogP contribution >= 0.6 is 0 Å². The molecule has 0 amide bonds. The van der Waals surface area contributed by atoms with E-state index >= 15 is 0 Å². The number of hydrogen-bond acceptors (Lipinski definition) is 1. The molecule has 0 aromatic heterocycles. The Balaban J connectivity index is 0. The summed E-state index contributed by atoms with van der Waals surface area (Å²) in [7, 11) is 0. The van der Waals surface area contributed by atoms with Gasteiger partial charge in [-0.2, -0.15) is 8.78 Å². The Kier molecular flexibility index (Phi) is 8.87. The average Bonchev–Trinajstić information content (AvgIpc) is 2.01. The van der Waals surface area contributed by atoms with E-state index in [1.807, 2.05) is 0 Å². The summed E-state index contributed by atoms with van der Waals surface area (Å²) < 4.78 is 86.4. The van der Waals surface area contributed by atoms with E-state index in [-0.39, 0.29) is 51.4 Å². The van der Waals surface area contributed by atoms with Crippen molar-refractivity contribution in [2.75, 3.05) is 13.2 Å². The van der Waals surface area contributed by atoms with Gasteiger partial charge in [0, 0.05) is 6.61 Å². The zero-order valence-electron chi connectivity index (χ0n) is 8.33. The fourth-order valence-electron chi connectivity index (χ4n) is 0.476. The Labute approximate surface area is 130 Å². The maximum Gasteiger partial charge on any atom is 1.00 e. The first-order valence-corrected chi connectivity index (χ1v) is 3.68. The van der Waals surface area contributed by atoms with Crippen LogP contribution < -0.4 is 51.4 Å². The van der Waals surface area contributed by atoms with Crippen LogP contribution in [0.2, 0.25) is 0 Å². The Morgan fingerprint density at radius 1 is 1.25 bits per heavy atom. The Bertz CT molecular complexity index is 229. The zero-order chi connectivity index (χ0) is 12.3. The van der Waals surface area contributed by atoms with Crippen molar-refractivity contribution < 1.29 is 86.6 Å². The number of alkyl halides is 4. The van der Waals surface area contributed by atoms with Crippen molar-refractivity contribution >= 4 is 6.98 Å². The van der Waals surface area contributed by atoms with Gasteiger partial charge >= 0.3 is 70.7 Å². The molecular formula is C6H7BF7KO. The van der Waals surface area contributed by atoms with E-state index in [1.54, 1.807) is 0 Å². The van der Waals surface area contributed by atoms with Crippen molar-refractivity contribution in [3.63, 3.8) is 0 Å². The fourth-order valence-corrected chi connectivity index (χ4v) is 0.476. The fraction of sp³-hybridized carbons (Fsp3) is 0.667. The van der Waals surface area contributed by atoms with Crippen molar-refractivity contribution in [2.24, 2.45) is 0 Å².